The summed E-state index contributed by atoms with van der Waals surface area (Å²) in [5, 5.41) is 5.49. The highest BCUT2D eigenvalue weighted by Gasteiger charge is 2.09. The minimum atomic E-state index is 0.783. The van der Waals surface area contributed by atoms with E-state index >= 15 is 0 Å². The van der Waals surface area contributed by atoms with Crippen molar-refractivity contribution in [1.82, 2.24) is 14.6 Å². The van der Waals surface area contributed by atoms with Crippen LogP contribution in [0, 0.1) is 0 Å². The summed E-state index contributed by atoms with van der Waals surface area (Å²) in [5.41, 5.74) is 0.835. The SMILES string of the molecule is CCc1nn2cc(-c3ccco3)nc2s1. The first-order valence-electron chi connectivity index (χ1n) is 4.76. The van der Waals surface area contributed by atoms with Crippen molar-refractivity contribution < 1.29 is 4.42 Å². The molecule has 0 aliphatic heterocycles. The van der Waals surface area contributed by atoms with Gasteiger partial charge in [-0.05, 0) is 18.6 Å². The Morgan fingerprint density at radius 2 is 2.47 bits per heavy atom. The molecule has 3 rings (SSSR count). The maximum absolute atomic E-state index is 5.28. The zero-order chi connectivity index (χ0) is 10.3. The Balaban J connectivity index is 2.12. The first-order valence-corrected chi connectivity index (χ1v) is 5.57. The molecule has 3 heterocycles. The third kappa shape index (κ3) is 1.35. The second kappa shape index (κ2) is 3.20. The topological polar surface area (TPSA) is 43.3 Å². The van der Waals surface area contributed by atoms with Gasteiger partial charge in [-0.1, -0.05) is 18.3 Å². The van der Waals surface area contributed by atoms with Gasteiger partial charge in [0.1, 0.15) is 10.7 Å². The molecule has 0 aromatic carbocycles. The quantitative estimate of drug-likeness (QED) is 0.665. The van der Waals surface area contributed by atoms with E-state index in [2.05, 4.69) is 17.0 Å². The zero-order valence-corrected chi connectivity index (χ0v) is 8.99. The maximum atomic E-state index is 5.28. The van der Waals surface area contributed by atoms with Gasteiger partial charge in [0.25, 0.3) is 0 Å². The van der Waals surface area contributed by atoms with Crippen molar-refractivity contribution >= 4 is 16.3 Å². The summed E-state index contributed by atoms with van der Waals surface area (Å²) in [6.07, 6.45) is 4.49. The van der Waals surface area contributed by atoms with Crippen LogP contribution in [0.2, 0.25) is 0 Å². The third-order valence-corrected chi connectivity index (χ3v) is 3.23. The van der Waals surface area contributed by atoms with E-state index in [1.54, 1.807) is 22.1 Å². The summed E-state index contributed by atoms with van der Waals surface area (Å²) in [6.45, 7) is 2.09. The molecule has 0 amide bonds. The lowest BCUT2D eigenvalue weighted by Crippen LogP contribution is -1.83. The van der Waals surface area contributed by atoms with Crippen molar-refractivity contribution in [3.63, 3.8) is 0 Å². The number of aryl methyl sites for hydroxylation is 1. The van der Waals surface area contributed by atoms with Crippen LogP contribution in [-0.4, -0.2) is 14.6 Å². The van der Waals surface area contributed by atoms with Gasteiger partial charge in [0.2, 0.25) is 4.96 Å². The minimum Gasteiger partial charge on any atom is -0.463 e. The smallest absolute Gasteiger partial charge is 0.212 e. The summed E-state index contributed by atoms with van der Waals surface area (Å²) >= 11 is 1.61. The molecule has 0 aliphatic carbocycles. The Morgan fingerprint density at radius 1 is 1.53 bits per heavy atom. The standard InChI is InChI=1S/C10H9N3OS/c1-2-9-12-13-6-7(11-10(13)15-9)8-4-3-5-14-8/h3-6H,2H2,1H3. The highest BCUT2D eigenvalue weighted by molar-refractivity contribution is 7.16. The number of hydrogen-bond acceptors (Lipinski definition) is 4. The highest BCUT2D eigenvalue weighted by Crippen LogP contribution is 2.22. The lowest BCUT2D eigenvalue weighted by molar-refractivity contribution is 0.580. The van der Waals surface area contributed by atoms with E-state index < -0.39 is 0 Å². The highest BCUT2D eigenvalue weighted by atomic mass is 32.1. The molecule has 0 N–H and O–H groups in total. The van der Waals surface area contributed by atoms with Crippen molar-refractivity contribution in [3.05, 3.63) is 29.6 Å². The Hall–Kier alpha value is -1.62. The molecule has 3 aromatic rings. The van der Waals surface area contributed by atoms with Crippen LogP contribution >= 0.6 is 11.3 Å². The van der Waals surface area contributed by atoms with E-state index in [1.165, 1.54) is 0 Å². The molecule has 0 bridgehead atoms. The number of aromatic nitrogens is 3. The fourth-order valence-electron chi connectivity index (χ4n) is 1.43. The van der Waals surface area contributed by atoms with E-state index in [1.807, 2.05) is 18.3 Å². The summed E-state index contributed by atoms with van der Waals surface area (Å²) < 4.78 is 7.08. The molecule has 0 saturated heterocycles. The van der Waals surface area contributed by atoms with E-state index in [0.29, 0.717) is 0 Å². The number of rotatable bonds is 2. The van der Waals surface area contributed by atoms with Gasteiger partial charge >= 0.3 is 0 Å². The van der Waals surface area contributed by atoms with Crippen LogP contribution in [0.1, 0.15) is 11.9 Å². The molecule has 76 valence electrons. The molecule has 0 atom stereocenters. The number of fused-ring (bicyclic) bond motifs is 1. The van der Waals surface area contributed by atoms with Crippen molar-refractivity contribution in [1.29, 1.82) is 0 Å². The first kappa shape index (κ1) is 8.67. The molecule has 0 aliphatic rings. The Kier molecular flexibility index (Phi) is 1.85. The van der Waals surface area contributed by atoms with Crippen LogP contribution in [0.4, 0.5) is 0 Å². The number of nitrogens with zero attached hydrogens (tertiary/aromatic N) is 3. The molecule has 3 aromatic heterocycles. The van der Waals surface area contributed by atoms with Crippen molar-refractivity contribution in [2.24, 2.45) is 0 Å². The number of imidazole rings is 1. The second-order valence-electron chi connectivity index (χ2n) is 3.18. The summed E-state index contributed by atoms with van der Waals surface area (Å²) in [4.78, 5) is 5.36. The second-order valence-corrected chi connectivity index (χ2v) is 4.22. The summed E-state index contributed by atoms with van der Waals surface area (Å²) in [5.74, 6) is 0.783. The van der Waals surface area contributed by atoms with E-state index in [9.17, 15) is 0 Å². The molecular formula is C10H9N3OS. The molecule has 0 saturated carbocycles. The van der Waals surface area contributed by atoms with Crippen LogP contribution in [0.5, 0.6) is 0 Å². The zero-order valence-electron chi connectivity index (χ0n) is 8.17. The van der Waals surface area contributed by atoms with E-state index in [0.717, 1.165) is 27.8 Å². The Bertz CT molecular complexity index is 547. The van der Waals surface area contributed by atoms with Crippen LogP contribution in [0.3, 0.4) is 0 Å². The van der Waals surface area contributed by atoms with Crippen molar-refractivity contribution in [3.8, 4) is 11.5 Å². The largest absolute Gasteiger partial charge is 0.463 e. The summed E-state index contributed by atoms with van der Waals surface area (Å²) in [6, 6.07) is 3.75. The van der Waals surface area contributed by atoms with Gasteiger partial charge in [0, 0.05) is 0 Å². The molecule has 15 heavy (non-hydrogen) atoms. The molecule has 0 unspecified atom stereocenters. The number of hydrogen-bond donors (Lipinski definition) is 0. The van der Waals surface area contributed by atoms with Gasteiger partial charge in [-0.2, -0.15) is 5.10 Å². The van der Waals surface area contributed by atoms with Gasteiger partial charge < -0.3 is 4.42 Å². The van der Waals surface area contributed by atoms with Crippen LogP contribution in [0.15, 0.2) is 29.0 Å². The molecule has 0 spiro atoms. The van der Waals surface area contributed by atoms with Gasteiger partial charge in [-0.3, -0.25) is 0 Å². The lowest BCUT2D eigenvalue weighted by Gasteiger charge is -1.86. The molecule has 5 heteroatoms. The van der Waals surface area contributed by atoms with Crippen LogP contribution < -0.4 is 0 Å². The average Bonchev–Trinajstić information content (AvgIpc) is 2.91. The maximum Gasteiger partial charge on any atom is 0.212 e. The lowest BCUT2D eigenvalue weighted by atomic mass is 10.4. The fourth-order valence-corrected chi connectivity index (χ4v) is 2.24. The first-order chi connectivity index (χ1) is 7.36. The predicted molar refractivity (Wildman–Crippen MR) is 57.9 cm³/mol. The number of furan rings is 1. The monoisotopic (exact) mass is 219 g/mol. The fraction of sp³-hybridized carbons (Fsp3) is 0.200. The normalized spacial score (nSPS) is 11.3. The van der Waals surface area contributed by atoms with Crippen LogP contribution in [0.25, 0.3) is 16.4 Å². The Morgan fingerprint density at radius 3 is 3.13 bits per heavy atom. The Labute approximate surface area is 90.2 Å². The third-order valence-electron chi connectivity index (χ3n) is 2.16. The summed E-state index contributed by atoms with van der Waals surface area (Å²) in [7, 11) is 0. The van der Waals surface area contributed by atoms with E-state index in [4.69, 9.17) is 4.42 Å². The van der Waals surface area contributed by atoms with Gasteiger partial charge in [0.15, 0.2) is 5.76 Å². The molecular weight excluding hydrogens is 210 g/mol. The van der Waals surface area contributed by atoms with Gasteiger partial charge in [0.05, 0.1) is 12.5 Å². The van der Waals surface area contributed by atoms with Crippen molar-refractivity contribution in [2.45, 2.75) is 13.3 Å². The predicted octanol–water partition coefficient (Wildman–Crippen LogP) is 2.61. The molecule has 0 radical (unpaired) electrons. The van der Waals surface area contributed by atoms with Gasteiger partial charge in [-0.25, -0.2) is 9.50 Å². The van der Waals surface area contributed by atoms with E-state index in [-0.39, 0.29) is 0 Å². The average molecular weight is 219 g/mol. The minimum absolute atomic E-state index is 0.783. The van der Waals surface area contributed by atoms with Crippen molar-refractivity contribution in [2.75, 3.05) is 0 Å². The van der Waals surface area contributed by atoms with Crippen LogP contribution in [-0.2, 0) is 6.42 Å². The molecule has 4 nitrogen and oxygen atoms in total. The molecule has 0 fully saturated rings. The van der Waals surface area contributed by atoms with Gasteiger partial charge in [-0.15, -0.1) is 0 Å².